The molecule has 0 bridgehead atoms. The van der Waals surface area contributed by atoms with Crippen LogP contribution in [0, 0.1) is 0 Å². The van der Waals surface area contributed by atoms with Gasteiger partial charge in [-0.15, -0.1) is 5.10 Å². The SMILES string of the molecule is O=C(O)CN1CCN(CC(=O)O)CCN(CC(=O)NCCCCCCNC(=O)[C@@H]2C[C@H](n3cc(COc4ccc(C(NCc5ccccc5)P(=O)(O)O)cc4)nn3)CN2C(=O)CN(CCc2ccccc2)Cc2ccccc2)CCN(CC(=O)O)CC1. The van der Waals surface area contributed by atoms with Crippen LogP contribution in [0.4, 0.5) is 0 Å². The molecular formula is C61H83N12O13P. The summed E-state index contributed by atoms with van der Waals surface area (Å²) in [6, 6.07) is 34.6. The number of ether oxygens (including phenoxy) is 1. The monoisotopic (exact) mass is 1220 g/mol. The van der Waals surface area contributed by atoms with Crippen molar-refractivity contribution in [3.05, 3.63) is 149 Å². The minimum atomic E-state index is -4.58. The van der Waals surface area contributed by atoms with Crippen molar-refractivity contribution in [2.45, 2.75) is 76.1 Å². The molecule has 8 N–H and O–H groups in total. The lowest BCUT2D eigenvalue weighted by atomic mass is 10.1. The van der Waals surface area contributed by atoms with E-state index in [0.717, 1.165) is 36.0 Å². The number of hydrogen-bond donors (Lipinski definition) is 8. The van der Waals surface area contributed by atoms with E-state index in [9.17, 15) is 58.4 Å². The maximum Gasteiger partial charge on any atom is 0.346 e. The number of amides is 3. The highest BCUT2D eigenvalue weighted by Gasteiger charge is 2.41. The van der Waals surface area contributed by atoms with Gasteiger partial charge < -0.3 is 45.4 Å². The molecule has 2 aliphatic heterocycles. The van der Waals surface area contributed by atoms with E-state index in [0.29, 0.717) is 82.2 Å². The summed E-state index contributed by atoms with van der Waals surface area (Å²) in [5.41, 5.74) is 3.97. The first-order valence-electron chi connectivity index (χ1n) is 29.6. The summed E-state index contributed by atoms with van der Waals surface area (Å²) < 4.78 is 20.2. The van der Waals surface area contributed by atoms with E-state index in [2.05, 4.69) is 43.3 Å². The Bertz CT molecular complexity index is 2970. The predicted octanol–water partition coefficient (Wildman–Crippen LogP) is 2.98. The number of carbonyl (C=O) groups excluding carboxylic acids is 3. The van der Waals surface area contributed by atoms with Crippen LogP contribution in [0.2, 0.25) is 0 Å². The zero-order chi connectivity index (χ0) is 62.0. The maximum atomic E-state index is 14.6. The summed E-state index contributed by atoms with van der Waals surface area (Å²) in [7, 11) is -4.58. The van der Waals surface area contributed by atoms with Crippen LogP contribution >= 0.6 is 7.60 Å². The first kappa shape index (κ1) is 67.1. The summed E-state index contributed by atoms with van der Waals surface area (Å²) in [6.45, 7) is 4.10. The first-order chi connectivity index (χ1) is 41.9. The van der Waals surface area contributed by atoms with Gasteiger partial charge in [0, 0.05) is 98.0 Å². The third-order valence-electron chi connectivity index (χ3n) is 15.4. The Balaban J connectivity index is 0.919. The topological polar surface area (TPSA) is 316 Å². The standard InChI is InChI=1S/C61H83N12O13P/c74-55(41-67-28-30-68(43-57(76)77)32-34-70(45-59(80)81)35-33-69(31-29-67)44-58(78)79)62-25-12-1-2-13-26-63-60(82)54-36-52(40-72(54)56(75)42-71(38-49-18-10-5-11-19-49)27-24-47-14-6-3-7-15-47)73-39-51(65-66-73)46-86-53-22-20-50(21-23-53)61(87(83,84)85)64-37-48-16-8-4-9-17-48/h3-11,14-23,39,52,54,61,64H,1-2,12-13,24-38,40-46H2,(H,62,74)(H,63,82)(H,76,77)(H,78,79)(H,80,81)(H2,83,84,85)/t52-,54-,61?/m0/s1. The van der Waals surface area contributed by atoms with Gasteiger partial charge in [0.15, 0.2) is 0 Å². The zero-order valence-electron chi connectivity index (χ0n) is 49.1. The van der Waals surface area contributed by atoms with E-state index in [1.54, 1.807) is 54.7 Å². The molecule has 1 aromatic heterocycles. The lowest BCUT2D eigenvalue weighted by molar-refractivity contribution is -0.140. The van der Waals surface area contributed by atoms with Crippen LogP contribution in [0.15, 0.2) is 121 Å². The molecule has 26 heteroatoms. The Labute approximate surface area is 507 Å². The van der Waals surface area contributed by atoms with Gasteiger partial charge in [-0.05, 0) is 53.6 Å². The highest BCUT2D eigenvalue weighted by Crippen LogP contribution is 2.50. The van der Waals surface area contributed by atoms with Crippen LogP contribution in [-0.4, -0.2) is 222 Å². The van der Waals surface area contributed by atoms with Crippen LogP contribution in [-0.2, 0) is 59.4 Å². The molecule has 25 nitrogen and oxygen atoms in total. The van der Waals surface area contributed by atoms with Crippen LogP contribution < -0.4 is 20.7 Å². The molecular weight excluding hydrogens is 1140 g/mol. The van der Waals surface area contributed by atoms with Crippen LogP contribution in [0.1, 0.15) is 71.9 Å². The van der Waals surface area contributed by atoms with Gasteiger partial charge in [0.05, 0.1) is 45.0 Å². The largest absolute Gasteiger partial charge is 0.487 e. The van der Waals surface area contributed by atoms with Crippen molar-refractivity contribution in [1.82, 2.24) is 60.3 Å². The number of aromatic nitrogens is 3. The van der Waals surface area contributed by atoms with Crippen molar-refractivity contribution in [3.8, 4) is 5.75 Å². The van der Waals surface area contributed by atoms with Crippen molar-refractivity contribution in [2.75, 3.05) is 111 Å². The fourth-order valence-corrected chi connectivity index (χ4v) is 11.6. The second kappa shape index (κ2) is 34.8. The average Bonchev–Trinajstić information content (AvgIpc) is 2.03. The number of unbranched alkanes of at least 4 members (excludes halogenated alkanes) is 3. The van der Waals surface area contributed by atoms with E-state index < -0.39 is 37.3 Å². The molecule has 1 unspecified atom stereocenters. The fraction of sp³-hybridized carbons (Fsp3) is 0.475. The van der Waals surface area contributed by atoms with Crippen molar-refractivity contribution in [1.29, 1.82) is 0 Å². The van der Waals surface area contributed by atoms with Crippen LogP contribution in [0.25, 0.3) is 0 Å². The van der Waals surface area contributed by atoms with Gasteiger partial charge in [0.1, 0.15) is 29.9 Å². The van der Waals surface area contributed by atoms with Crippen LogP contribution in [0.5, 0.6) is 5.75 Å². The Hall–Kier alpha value is -7.45. The number of nitrogens with zero attached hydrogens (tertiary/aromatic N) is 9. The molecule has 7 rings (SSSR count). The van der Waals surface area contributed by atoms with Crippen LogP contribution in [0.3, 0.4) is 0 Å². The summed E-state index contributed by atoms with van der Waals surface area (Å²) in [5, 5.41) is 46.4. The normalized spacial score (nSPS) is 17.3. The quantitative estimate of drug-likeness (QED) is 0.0227. The van der Waals surface area contributed by atoms with Crippen molar-refractivity contribution < 1.29 is 63.2 Å². The number of likely N-dealkylation sites (tertiary alicyclic amines) is 1. The second-order valence-electron chi connectivity index (χ2n) is 22.1. The summed E-state index contributed by atoms with van der Waals surface area (Å²) >= 11 is 0. The van der Waals surface area contributed by atoms with E-state index >= 15 is 0 Å². The highest BCUT2D eigenvalue weighted by molar-refractivity contribution is 7.52. The summed E-state index contributed by atoms with van der Waals surface area (Å²) in [5.74, 6) is -4.58. The Morgan fingerprint density at radius 2 is 1.14 bits per heavy atom. The van der Waals surface area contributed by atoms with Gasteiger partial charge in [0.2, 0.25) is 17.7 Å². The number of benzene rings is 4. The smallest absolute Gasteiger partial charge is 0.346 e. The van der Waals surface area contributed by atoms with Gasteiger partial charge in [-0.25, -0.2) is 4.68 Å². The molecule has 3 heterocycles. The predicted molar refractivity (Wildman–Crippen MR) is 323 cm³/mol. The molecule has 2 aliphatic rings. The van der Waals surface area contributed by atoms with E-state index in [1.165, 1.54) is 0 Å². The first-order valence-corrected chi connectivity index (χ1v) is 31.3. The number of carboxylic acids is 3. The van der Waals surface area contributed by atoms with E-state index in [-0.39, 0.29) is 109 Å². The lowest BCUT2D eigenvalue weighted by Crippen LogP contribution is -2.49. The summed E-state index contributed by atoms with van der Waals surface area (Å²) in [4.78, 5) is 108. The van der Waals surface area contributed by atoms with Gasteiger partial charge in [0.25, 0.3) is 0 Å². The Morgan fingerprint density at radius 1 is 0.632 bits per heavy atom. The number of carbonyl (C=O) groups is 6. The molecule has 2 fully saturated rings. The molecule has 0 radical (unpaired) electrons. The maximum absolute atomic E-state index is 14.6. The third kappa shape index (κ3) is 23.6. The minimum Gasteiger partial charge on any atom is -0.487 e. The Morgan fingerprint density at radius 3 is 1.67 bits per heavy atom. The van der Waals surface area contributed by atoms with Gasteiger partial charge in [-0.3, -0.25) is 63.1 Å². The number of aliphatic carboxylic acids is 3. The van der Waals surface area contributed by atoms with E-state index in [1.807, 2.05) is 83.8 Å². The molecule has 0 saturated carbocycles. The highest BCUT2D eigenvalue weighted by atomic mass is 31.2. The molecule has 0 spiro atoms. The fourth-order valence-electron chi connectivity index (χ4n) is 10.7. The molecule has 4 aromatic carbocycles. The molecule has 0 aliphatic carbocycles. The second-order valence-corrected chi connectivity index (χ2v) is 23.8. The number of hydrogen-bond acceptors (Lipinski definition) is 16. The average molecular weight is 1220 g/mol. The van der Waals surface area contributed by atoms with Crippen molar-refractivity contribution in [3.63, 3.8) is 0 Å². The van der Waals surface area contributed by atoms with Crippen molar-refractivity contribution >= 4 is 43.2 Å². The zero-order valence-corrected chi connectivity index (χ0v) is 50.0. The molecule has 87 heavy (non-hydrogen) atoms. The van der Waals surface area contributed by atoms with E-state index in [4.69, 9.17) is 4.74 Å². The molecule has 3 atom stereocenters. The lowest BCUT2D eigenvalue weighted by Gasteiger charge is -2.32. The molecule has 3 amide bonds. The minimum absolute atomic E-state index is 0.0174. The number of carboxylic acid groups (broad SMARTS) is 3. The Kier molecular flexibility index (Phi) is 26.8. The van der Waals surface area contributed by atoms with Gasteiger partial charge in [-0.2, -0.15) is 0 Å². The van der Waals surface area contributed by atoms with Crippen molar-refractivity contribution in [2.24, 2.45) is 0 Å². The third-order valence-corrected chi connectivity index (χ3v) is 16.5. The van der Waals surface area contributed by atoms with Gasteiger partial charge >= 0.3 is 25.5 Å². The molecule has 5 aromatic rings. The number of nitrogens with one attached hydrogen (secondary N) is 3. The molecule has 470 valence electrons. The molecule has 2 saturated heterocycles. The number of rotatable bonds is 32. The summed E-state index contributed by atoms with van der Waals surface area (Å²) in [6.07, 6.45) is 5.59. The van der Waals surface area contributed by atoms with Gasteiger partial charge in [-0.1, -0.05) is 121 Å².